The number of hydrogen-bond acceptors (Lipinski definition) is 2. The van der Waals surface area contributed by atoms with E-state index in [9.17, 15) is 4.79 Å². The third-order valence-corrected chi connectivity index (χ3v) is 3.76. The lowest BCUT2D eigenvalue weighted by atomic mass is 9.97. The molecule has 3 nitrogen and oxygen atoms in total. The van der Waals surface area contributed by atoms with Crippen LogP contribution in [0.4, 0.5) is 0 Å². The van der Waals surface area contributed by atoms with Crippen LogP contribution >= 0.6 is 12.4 Å². The summed E-state index contributed by atoms with van der Waals surface area (Å²) in [5, 5.41) is 0. The van der Waals surface area contributed by atoms with Crippen molar-refractivity contribution in [3.8, 4) is 0 Å². The highest BCUT2D eigenvalue weighted by molar-refractivity contribution is 5.95. The summed E-state index contributed by atoms with van der Waals surface area (Å²) in [5.74, 6) is 0.172. The summed E-state index contributed by atoms with van der Waals surface area (Å²) in [6.07, 6.45) is 4.33. The molecule has 0 bridgehead atoms. The van der Waals surface area contributed by atoms with Crippen LogP contribution in [0.25, 0.3) is 0 Å². The minimum atomic E-state index is 0. The third kappa shape index (κ3) is 3.71. The van der Waals surface area contributed by atoms with E-state index in [1.165, 1.54) is 6.42 Å². The van der Waals surface area contributed by atoms with Gasteiger partial charge in [-0.3, -0.25) is 4.79 Å². The highest BCUT2D eigenvalue weighted by atomic mass is 35.5. The number of amides is 1. The minimum absolute atomic E-state index is 0. The van der Waals surface area contributed by atoms with E-state index in [-0.39, 0.29) is 18.3 Å². The fraction of sp³-hybridized carbons (Fsp3) is 0.533. The fourth-order valence-corrected chi connectivity index (χ4v) is 2.73. The third-order valence-electron chi connectivity index (χ3n) is 3.76. The Balaban J connectivity index is 0.00000180. The minimum Gasteiger partial charge on any atom is -0.336 e. The summed E-state index contributed by atoms with van der Waals surface area (Å²) in [6, 6.07) is 8.15. The van der Waals surface area contributed by atoms with Crippen LogP contribution in [0, 0.1) is 6.92 Å². The van der Waals surface area contributed by atoms with Crippen molar-refractivity contribution < 1.29 is 4.79 Å². The lowest BCUT2D eigenvalue weighted by Crippen LogP contribution is -2.44. The molecule has 106 valence electrons. The molecule has 0 saturated carbocycles. The van der Waals surface area contributed by atoms with E-state index in [2.05, 4.69) is 0 Å². The average molecular weight is 283 g/mol. The van der Waals surface area contributed by atoms with Gasteiger partial charge in [0.15, 0.2) is 0 Å². The Bertz CT molecular complexity index is 420. The van der Waals surface area contributed by atoms with Gasteiger partial charge < -0.3 is 10.6 Å². The van der Waals surface area contributed by atoms with Crippen LogP contribution in [0.3, 0.4) is 0 Å². The van der Waals surface area contributed by atoms with Gasteiger partial charge in [-0.05, 0) is 50.8 Å². The molecular weight excluding hydrogens is 260 g/mol. The molecule has 0 radical (unpaired) electrons. The van der Waals surface area contributed by atoms with Gasteiger partial charge in [0.2, 0.25) is 0 Å². The maximum absolute atomic E-state index is 12.6. The smallest absolute Gasteiger partial charge is 0.254 e. The molecule has 0 spiro atoms. The molecule has 1 atom stereocenters. The molecule has 1 aliphatic rings. The Morgan fingerprint density at radius 1 is 1.37 bits per heavy atom. The van der Waals surface area contributed by atoms with Gasteiger partial charge in [-0.2, -0.15) is 0 Å². The fourth-order valence-electron chi connectivity index (χ4n) is 2.73. The van der Waals surface area contributed by atoms with Gasteiger partial charge in [0, 0.05) is 18.2 Å². The zero-order chi connectivity index (χ0) is 13.0. The van der Waals surface area contributed by atoms with E-state index >= 15 is 0 Å². The quantitative estimate of drug-likeness (QED) is 0.927. The molecule has 1 amide bonds. The van der Waals surface area contributed by atoms with E-state index in [1.807, 2.05) is 36.1 Å². The van der Waals surface area contributed by atoms with Gasteiger partial charge in [-0.25, -0.2) is 0 Å². The van der Waals surface area contributed by atoms with Gasteiger partial charge in [0.1, 0.15) is 0 Å². The van der Waals surface area contributed by atoms with Crippen LogP contribution in [-0.2, 0) is 0 Å². The van der Waals surface area contributed by atoms with Crippen molar-refractivity contribution in [2.75, 3.05) is 13.1 Å². The SMILES string of the molecule is Cc1ccccc1C(=O)N1CCCCC1CCN.Cl. The predicted molar refractivity (Wildman–Crippen MR) is 80.8 cm³/mol. The number of carbonyl (C=O) groups is 1. The van der Waals surface area contributed by atoms with Crippen molar-refractivity contribution in [2.24, 2.45) is 5.73 Å². The molecule has 4 heteroatoms. The van der Waals surface area contributed by atoms with E-state index < -0.39 is 0 Å². The van der Waals surface area contributed by atoms with Gasteiger partial charge in [-0.15, -0.1) is 12.4 Å². The number of nitrogens with two attached hydrogens (primary N) is 1. The molecule has 1 aliphatic heterocycles. The number of carbonyl (C=O) groups excluding carboxylic acids is 1. The summed E-state index contributed by atoms with van der Waals surface area (Å²) in [7, 11) is 0. The van der Waals surface area contributed by atoms with Crippen molar-refractivity contribution >= 4 is 18.3 Å². The number of rotatable bonds is 3. The Kier molecular flexibility index (Phi) is 6.32. The highest BCUT2D eigenvalue weighted by Gasteiger charge is 2.27. The number of halogens is 1. The summed E-state index contributed by atoms with van der Waals surface area (Å²) >= 11 is 0. The zero-order valence-corrected chi connectivity index (χ0v) is 12.3. The molecule has 1 heterocycles. The number of likely N-dealkylation sites (tertiary alicyclic amines) is 1. The number of nitrogens with zero attached hydrogens (tertiary/aromatic N) is 1. The highest BCUT2D eigenvalue weighted by Crippen LogP contribution is 2.22. The Morgan fingerprint density at radius 3 is 2.79 bits per heavy atom. The number of hydrogen-bond donors (Lipinski definition) is 1. The molecule has 2 N–H and O–H groups in total. The second-order valence-corrected chi connectivity index (χ2v) is 5.04. The Morgan fingerprint density at radius 2 is 2.11 bits per heavy atom. The van der Waals surface area contributed by atoms with Gasteiger partial charge >= 0.3 is 0 Å². The van der Waals surface area contributed by atoms with Gasteiger partial charge in [-0.1, -0.05) is 18.2 Å². The standard InChI is InChI=1S/C15H22N2O.ClH/c1-12-6-2-3-8-14(12)15(18)17-11-5-4-7-13(17)9-10-16;/h2-3,6,8,13H,4-5,7,9-11,16H2,1H3;1H. The lowest BCUT2D eigenvalue weighted by molar-refractivity contribution is 0.0604. The second kappa shape index (κ2) is 7.51. The lowest BCUT2D eigenvalue weighted by Gasteiger charge is -2.36. The van der Waals surface area contributed by atoms with Crippen LogP contribution in [0.15, 0.2) is 24.3 Å². The topological polar surface area (TPSA) is 46.3 Å². The van der Waals surface area contributed by atoms with Crippen molar-refractivity contribution in [1.29, 1.82) is 0 Å². The molecule has 1 saturated heterocycles. The number of piperidine rings is 1. The first-order valence-corrected chi connectivity index (χ1v) is 6.80. The van der Waals surface area contributed by atoms with Gasteiger partial charge in [0.05, 0.1) is 0 Å². The normalized spacial score (nSPS) is 18.8. The molecule has 1 unspecified atom stereocenters. The van der Waals surface area contributed by atoms with Crippen LogP contribution < -0.4 is 5.73 Å². The molecule has 1 aromatic rings. The molecule has 0 aromatic heterocycles. The average Bonchev–Trinajstić information content (AvgIpc) is 2.40. The Labute approximate surface area is 121 Å². The first-order valence-electron chi connectivity index (χ1n) is 6.80. The van der Waals surface area contributed by atoms with Crippen molar-refractivity contribution in [3.63, 3.8) is 0 Å². The van der Waals surface area contributed by atoms with Crippen molar-refractivity contribution in [3.05, 3.63) is 35.4 Å². The summed E-state index contributed by atoms with van der Waals surface area (Å²) in [4.78, 5) is 14.6. The van der Waals surface area contributed by atoms with Crippen LogP contribution in [-0.4, -0.2) is 29.9 Å². The largest absolute Gasteiger partial charge is 0.336 e. The summed E-state index contributed by atoms with van der Waals surface area (Å²) in [5.41, 5.74) is 7.54. The molecular formula is C15H23ClN2O. The van der Waals surface area contributed by atoms with Gasteiger partial charge in [0.25, 0.3) is 5.91 Å². The predicted octanol–water partition coefficient (Wildman–Crippen LogP) is 2.76. The van der Waals surface area contributed by atoms with Crippen LogP contribution in [0.5, 0.6) is 0 Å². The number of aryl methyl sites for hydroxylation is 1. The Hall–Kier alpha value is -1.06. The first kappa shape index (κ1) is 16.0. The van der Waals surface area contributed by atoms with Crippen LogP contribution in [0.1, 0.15) is 41.6 Å². The van der Waals surface area contributed by atoms with E-state index in [1.54, 1.807) is 0 Å². The molecule has 19 heavy (non-hydrogen) atoms. The molecule has 1 fully saturated rings. The summed E-state index contributed by atoms with van der Waals surface area (Å²) in [6.45, 7) is 3.52. The van der Waals surface area contributed by atoms with Crippen molar-refractivity contribution in [2.45, 2.75) is 38.6 Å². The molecule has 2 rings (SSSR count). The van der Waals surface area contributed by atoms with Crippen molar-refractivity contribution in [1.82, 2.24) is 4.90 Å². The summed E-state index contributed by atoms with van der Waals surface area (Å²) < 4.78 is 0. The zero-order valence-electron chi connectivity index (χ0n) is 11.5. The van der Waals surface area contributed by atoms with E-state index in [0.29, 0.717) is 12.6 Å². The monoisotopic (exact) mass is 282 g/mol. The molecule has 1 aromatic carbocycles. The van der Waals surface area contributed by atoms with Crippen LogP contribution in [0.2, 0.25) is 0 Å². The van der Waals surface area contributed by atoms with E-state index in [0.717, 1.165) is 36.9 Å². The first-order chi connectivity index (χ1) is 8.74. The number of benzene rings is 1. The molecule has 0 aliphatic carbocycles. The van der Waals surface area contributed by atoms with E-state index in [4.69, 9.17) is 5.73 Å². The second-order valence-electron chi connectivity index (χ2n) is 5.04. The maximum Gasteiger partial charge on any atom is 0.254 e. The maximum atomic E-state index is 12.6.